The maximum atomic E-state index is 10.5. The first-order valence-corrected chi connectivity index (χ1v) is 7.44. The highest BCUT2D eigenvalue weighted by molar-refractivity contribution is 6.17. The summed E-state index contributed by atoms with van der Waals surface area (Å²) in [5.74, 6) is 1.06. The van der Waals surface area contributed by atoms with Gasteiger partial charge in [-0.3, -0.25) is 10.1 Å². The summed E-state index contributed by atoms with van der Waals surface area (Å²) in [7, 11) is 0. The van der Waals surface area contributed by atoms with E-state index in [4.69, 9.17) is 30.5 Å². The highest BCUT2D eigenvalue weighted by atomic mass is 35.5. The quantitative estimate of drug-likeness (QED) is 0.238. The Kier molecular flexibility index (Phi) is 10.3. The van der Waals surface area contributed by atoms with Gasteiger partial charge in [0.15, 0.2) is 0 Å². The Morgan fingerprint density at radius 1 is 0.864 bits per heavy atom. The Balaban J connectivity index is 1.94. The Bertz CT molecular complexity index is 414. The van der Waals surface area contributed by atoms with Crippen molar-refractivity contribution < 1.29 is 23.9 Å². The second kappa shape index (κ2) is 12.2. The van der Waals surface area contributed by atoms with Crippen LogP contribution in [0.2, 0.25) is 0 Å². The number of non-ortho nitro benzene ring substituents is 1. The van der Waals surface area contributed by atoms with Gasteiger partial charge in [-0.1, -0.05) is 0 Å². The zero-order valence-electron chi connectivity index (χ0n) is 12.2. The molecule has 0 aliphatic carbocycles. The number of alkyl halides is 1. The molecular formula is C14H20ClNO6. The van der Waals surface area contributed by atoms with Gasteiger partial charge < -0.3 is 18.9 Å². The van der Waals surface area contributed by atoms with E-state index in [9.17, 15) is 10.1 Å². The number of rotatable bonds is 13. The lowest BCUT2D eigenvalue weighted by Gasteiger charge is -2.08. The molecule has 0 atom stereocenters. The van der Waals surface area contributed by atoms with E-state index in [0.29, 0.717) is 57.9 Å². The van der Waals surface area contributed by atoms with Gasteiger partial charge in [-0.25, -0.2) is 0 Å². The molecule has 124 valence electrons. The van der Waals surface area contributed by atoms with Gasteiger partial charge in [-0.2, -0.15) is 0 Å². The number of hydrogen-bond acceptors (Lipinski definition) is 6. The molecule has 0 amide bonds. The van der Waals surface area contributed by atoms with Crippen molar-refractivity contribution in [1.82, 2.24) is 0 Å². The maximum Gasteiger partial charge on any atom is 0.269 e. The number of nitro benzene ring substituents is 1. The molecule has 0 aromatic heterocycles. The van der Waals surface area contributed by atoms with Crippen LogP contribution in [0.25, 0.3) is 0 Å². The van der Waals surface area contributed by atoms with E-state index >= 15 is 0 Å². The van der Waals surface area contributed by atoms with Crippen molar-refractivity contribution in [2.24, 2.45) is 0 Å². The summed E-state index contributed by atoms with van der Waals surface area (Å²) in [6.07, 6.45) is 0. The van der Waals surface area contributed by atoms with E-state index in [2.05, 4.69) is 0 Å². The molecule has 1 rings (SSSR count). The Morgan fingerprint density at radius 3 is 1.86 bits per heavy atom. The van der Waals surface area contributed by atoms with E-state index in [1.54, 1.807) is 12.1 Å². The molecule has 0 spiro atoms. The van der Waals surface area contributed by atoms with E-state index < -0.39 is 4.92 Å². The molecule has 7 nitrogen and oxygen atoms in total. The number of nitro groups is 1. The first-order valence-electron chi connectivity index (χ1n) is 6.90. The lowest BCUT2D eigenvalue weighted by molar-refractivity contribution is -0.384. The van der Waals surface area contributed by atoms with Gasteiger partial charge in [0.2, 0.25) is 0 Å². The normalized spacial score (nSPS) is 10.6. The van der Waals surface area contributed by atoms with Gasteiger partial charge in [-0.05, 0) is 12.1 Å². The Hall–Kier alpha value is -1.41. The molecule has 0 saturated heterocycles. The highest BCUT2D eigenvalue weighted by Gasteiger charge is 2.03. The molecule has 0 bridgehead atoms. The fourth-order valence-electron chi connectivity index (χ4n) is 1.48. The molecule has 8 heteroatoms. The Morgan fingerprint density at radius 2 is 1.36 bits per heavy atom. The van der Waals surface area contributed by atoms with Crippen LogP contribution < -0.4 is 4.74 Å². The van der Waals surface area contributed by atoms with Gasteiger partial charge in [-0.15, -0.1) is 11.6 Å². The van der Waals surface area contributed by atoms with Crippen LogP contribution in [-0.2, 0) is 14.2 Å². The van der Waals surface area contributed by atoms with Crippen LogP contribution in [0.1, 0.15) is 0 Å². The third-order valence-electron chi connectivity index (χ3n) is 2.51. The average molecular weight is 334 g/mol. The van der Waals surface area contributed by atoms with Crippen LogP contribution >= 0.6 is 11.6 Å². The largest absolute Gasteiger partial charge is 0.491 e. The molecule has 0 saturated carbocycles. The van der Waals surface area contributed by atoms with Crippen LogP contribution in [0.3, 0.4) is 0 Å². The zero-order chi connectivity index (χ0) is 16.0. The fraction of sp³-hybridized carbons (Fsp3) is 0.571. The number of hydrogen-bond donors (Lipinski definition) is 0. The van der Waals surface area contributed by atoms with Gasteiger partial charge in [0, 0.05) is 18.0 Å². The summed E-state index contributed by atoms with van der Waals surface area (Å²) in [4.78, 5) is 10.0. The summed E-state index contributed by atoms with van der Waals surface area (Å²) in [5, 5.41) is 10.5. The third kappa shape index (κ3) is 8.78. The molecule has 0 radical (unpaired) electrons. The predicted octanol–water partition coefficient (Wildman–Crippen LogP) is 2.26. The van der Waals surface area contributed by atoms with Gasteiger partial charge >= 0.3 is 0 Å². The first kappa shape index (κ1) is 18.6. The monoisotopic (exact) mass is 333 g/mol. The smallest absolute Gasteiger partial charge is 0.269 e. The third-order valence-corrected chi connectivity index (χ3v) is 2.66. The van der Waals surface area contributed by atoms with E-state index in [1.165, 1.54) is 12.1 Å². The molecule has 1 aromatic rings. The summed E-state index contributed by atoms with van der Waals surface area (Å²) in [6.45, 7) is 3.32. The number of ether oxygens (including phenoxy) is 4. The highest BCUT2D eigenvalue weighted by Crippen LogP contribution is 2.16. The van der Waals surface area contributed by atoms with Crippen molar-refractivity contribution in [3.8, 4) is 5.75 Å². The topological polar surface area (TPSA) is 80.1 Å². The number of nitrogens with zero attached hydrogens (tertiary/aromatic N) is 1. The van der Waals surface area contributed by atoms with Crippen LogP contribution in [0.4, 0.5) is 5.69 Å². The summed E-state index contributed by atoms with van der Waals surface area (Å²) < 4.78 is 21.1. The lowest BCUT2D eigenvalue weighted by Crippen LogP contribution is -2.13. The molecule has 0 heterocycles. The molecule has 0 fully saturated rings. The summed E-state index contributed by atoms with van der Waals surface area (Å²) in [5.41, 5.74) is 0.0378. The van der Waals surface area contributed by atoms with Crippen LogP contribution in [0.15, 0.2) is 24.3 Å². The van der Waals surface area contributed by atoms with Crippen LogP contribution in [-0.4, -0.2) is 57.1 Å². The van der Waals surface area contributed by atoms with Gasteiger partial charge in [0.1, 0.15) is 12.4 Å². The maximum absolute atomic E-state index is 10.5. The van der Waals surface area contributed by atoms with Crippen molar-refractivity contribution in [1.29, 1.82) is 0 Å². The molecule has 1 aromatic carbocycles. The minimum atomic E-state index is -0.451. The predicted molar refractivity (Wildman–Crippen MR) is 81.8 cm³/mol. The SMILES string of the molecule is O=[N+]([O-])c1ccc(OCCOCCOCCOCCCl)cc1. The van der Waals surface area contributed by atoms with Crippen molar-refractivity contribution in [2.75, 3.05) is 52.1 Å². The molecule has 0 N–H and O–H groups in total. The van der Waals surface area contributed by atoms with E-state index in [0.717, 1.165) is 0 Å². The molecule has 0 aliphatic rings. The van der Waals surface area contributed by atoms with Crippen molar-refractivity contribution in [3.05, 3.63) is 34.4 Å². The summed E-state index contributed by atoms with van der Waals surface area (Å²) >= 11 is 5.45. The first-order chi connectivity index (χ1) is 10.7. The van der Waals surface area contributed by atoms with E-state index in [-0.39, 0.29) is 5.69 Å². The molecule has 22 heavy (non-hydrogen) atoms. The van der Waals surface area contributed by atoms with Gasteiger partial charge in [0.25, 0.3) is 5.69 Å². The standard InChI is InChI=1S/C14H20ClNO6/c15-5-6-19-7-8-20-9-10-21-11-12-22-14-3-1-13(2-4-14)16(17)18/h1-4H,5-12H2. The van der Waals surface area contributed by atoms with Gasteiger partial charge in [0.05, 0.1) is 44.6 Å². The van der Waals surface area contributed by atoms with E-state index in [1.807, 2.05) is 0 Å². The number of benzene rings is 1. The fourth-order valence-corrected chi connectivity index (χ4v) is 1.59. The average Bonchev–Trinajstić information content (AvgIpc) is 2.53. The molecule has 0 aliphatic heterocycles. The van der Waals surface area contributed by atoms with Crippen LogP contribution in [0.5, 0.6) is 5.75 Å². The lowest BCUT2D eigenvalue weighted by atomic mass is 10.3. The summed E-state index contributed by atoms with van der Waals surface area (Å²) in [6, 6.07) is 5.91. The second-order valence-corrected chi connectivity index (χ2v) is 4.50. The Labute approximate surface area is 134 Å². The second-order valence-electron chi connectivity index (χ2n) is 4.13. The number of halogens is 1. The zero-order valence-corrected chi connectivity index (χ0v) is 13.0. The minimum absolute atomic E-state index is 0.0378. The van der Waals surface area contributed by atoms with Crippen molar-refractivity contribution in [2.45, 2.75) is 0 Å². The molecular weight excluding hydrogens is 314 g/mol. The molecule has 0 unspecified atom stereocenters. The van der Waals surface area contributed by atoms with Crippen molar-refractivity contribution in [3.63, 3.8) is 0 Å². The van der Waals surface area contributed by atoms with Crippen molar-refractivity contribution >= 4 is 17.3 Å². The van der Waals surface area contributed by atoms with Crippen LogP contribution in [0, 0.1) is 10.1 Å². The minimum Gasteiger partial charge on any atom is -0.491 e.